The molecule has 1 fully saturated rings. The minimum Gasteiger partial charge on any atom is -0.389 e. The van der Waals surface area contributed by atoms with Gasteiger partial charge in [0.2, 0.25) is 0 Å². The Morgan fingerprint density at radius 3 is 2.35 bits per heavy atom. The van der Waals surface area contributed by atoms with Gasteiger partial charge in [-0.3, -0.25) is 0 Å². The molecule has 2 heterocycles. The molecule has 3 nitrogen and oxygen atoms in total. The van der Waals surface area contributed by atoms with Crippen molar-refractivity contribution in [3.8, 4) is 0 Å². The summed E-state index contributed by atoms with van der Waals surface area (Å²) in [6.45, 7) is 10.4. The van der Waals surface area contributed by atoms with Crippen LogP contribution in [-0.4, -0.2) is 28.8 Å². The number of pyridine rings is 1. The van der Waals surface area contributed by atoms with Crippen LogP contribution in [0.5, 0.6) is 0 Å². The van der Waals surface area contributed by atoms with E-state index in [1.807, 2.05) is 6.20 Å². The lowest BCUT2D eigenvalue weighted by molar-refractivity contribution is -0.0262. The topological polar surface area (TPSA) is 36.4 Å². The monoisotopic (exact) mass is 276 g/mol. The molecular weight excluding hydrogens is 248 g/mol. The Morgan fingerprint density at radius 2 is 1.90 bits per heavy atom. The molecule has 0 spiro atoms. The van der Waals surface area contributed by atoms with Crippen LogP contribution in [0.4, 0.5) is 5.82 Å². The Labute approximate surface area is 123 Å². The van der Waals surface area contributed by atoms with Gasteiger partial charge in [-0.05, 0) is 42.7 Å². The van der Waals surface area contributed by atoms with Crippen molar-refractivity contribution in [1.29, 1.82) is 0 Å². The van der Waals surface area contributed by atoms with E-state index in [4.69, 9.17) is 0 Å². The molecule has 1 N–H and O–H groups in total. The molecule has 0 aromatic carbocycles. The normalized spacial score (nSPS) is 20.2. The van der Waals surface area contributed by atoms with Crippen LogP contribution in [-0.2, 0) is 0 Å². The lowest BCUT2D eigenvalue weighted by Gasteiger charge is -2.41. The fourth-order valence-electron chi connectivity index (χ4n) is 2.81. The zero-order valence-corrected chi connectivity index (χ0v) is 13.3. The van der Waals surface area contributed by atoms with E-state index in [1.165, 1.54) is 5.56 Å². The number of hydrogen-bond acceptors (Lipinski definition) is 3. The van der Waals surface area contributed by atoms with Crippen molar-refractivity contribution in [2.45, 2.75) is 58.5 Å². The number of aliphatic hydroxyl groups is 1. The second-order valence-electron chi connectivity index (χ2n) is 6.50. The van der Waals surface area contributed by atoms with Crippen molar-refractivity contribution in [3.63, 3.8) is 0 Å². The summed E-state index contributed by atoms with van der Waals surface area (Å²) in [7, 11) is 0. The van der Waals surface area contributed by atoms with E-state index < -0.39 is 5.60 Å². The molecule has 0 bridgehead atoms. The molecule has 0 radical (unpaired) electrons. The maximum atomic E-state index is 10.5. The number of piperidine rings is 1. The standard InChI is InChI=1S/C17H28N2O/c1-5-14(4)15-6-7-16(18-12-15)19-10-8-17(20,9-11-19)13(2)3/h6-7,12-14,20H,5,8-11H2,1-4H3. The Kier molecular flexibility index (Phi) is 4.69. The van der Waals surface area contributed by atoms with E-state index >= 15 is 0 Å². The maximum Gasteiger partial charge on any atom is 0.128 e. The Morgan fingerprint density at radius 1 is 1.25 bits per heavy atom. The van der Waals surface area contributed by atoms with Gasteiger partial charge in [0.15, 0.2) is 0 Å². The summed E-state index contributed by atoms with van der Waals surface area (Å²) in [5.74, 6) is 1.94. The van der Waals surface area contributed by atoms with E-state index in [0.29, 0.717) is 11.8 Å². The van der Waals surface area contributed by atoms with Gasteiger partial charge in [0, 0.05) is 19.3 Å². The highest BCUT2D eigenvalue weighted by Gasteiger charge is 2.35. The number of nitrogens with zero attached hydrogens (tertiary/aromatic N) is 2. The predicted octanol–water partition coefficient (Wildman–Crippen LogP) is 3.58. The molecule has 20 heavy (non-hydrogen) atoms. The molecule has 1 atom stereocenters. The molecule has 1 aromatic heterocycles. The van der Waals surface area contributed by atoms with Crippen LogP contribution in [0.25, 0.3) is 0 Å². The molecule has 1 aromatic rings. The SMILES string of the molecule is CCC(C)c1ccc(N2CCC(O)(C(C)C)CC2)nc1. The molecular formula is C17H28N2O. The molecule has 0 aliphatic carbocycles. The first-order valence-corrected chi connectivity index (χ1v) is 7.89. The molecule has 1 aliphatic rings. The van der Waals surface area contributed by atoms with Crippen LogP contribution in [0.15, 0.2) is 18.3 Å². The van der Waals surface area contributed by atoms with Crippen LogP contribution in [0, 0.1) is 5.92 Å². The van der Waals surface area contributed by atoms with Crippen LogP contribution >= 0.6 is 0 Å². The van der Waals surface area contributed by atoms with Gasteiger partial charge in [-0.25, -0.2) is 4.98 Å². The molecule has 2 rings (SSSR count). The molecule has 0 amide bonds. The smallest absolute Gasteiger partial charge is 0.128 e. The summed E-state index contributed by atoms with van der Waals surface area (Å²) in [5, 5.41) is 10.5. The third kappa shape index (κ3) is 3.14. The van der Waals surface area contributed by atoms with E-state index in [2.05, 4.69) is 49.7 Å². The zero-order chi connectivity index (χ0) is 14.8. The Balaban J connectivity index is 2.00. The highest BCUT2D eigenvalue weighted by molar-refractivity contribution is 5.40. The summed E-state index contributed by atoms with van der Waals surface area (Å²) >= 11 is 0. The van der Waals surface area contributed by atoms with Gasteiger partial charge in [0.1, 0.15) is 5.82 Å². The van der Waals surface area contributed by atoms with Gasteiger partial charge in [-0.15, -0.1) is 0 Å². The summed E-state index contributed by atoms with van der Waals surface area (Å²) < 4.78 is 0. The van der Waals surface area contributed by atoms with E-state index in [0.717, 1.165) is 38.2 Å². The lowest BCUT2D eigenvalue weighted by atomic mass is 9.81. The maximum absolute atomic E-state index is 10.5. The zero-order valence-electron chi connectivity index (χ0n) is 13.3. The minimum atomic E-state index is -0.493. The first-order valence-electron chi connectivity index (χ1n) is 7.89. The average molecular weight is 276 g/mol. The van der Waals surface area contributed by atoms with E-state index in [-0.39, 0.29) is 0 Å². The van der Waals surface area contributed by atoms with Gasteiger partial charge in [-0.1, -0.05) is 33.8 Å². The first kappa shape index (κ1) is 15.3. The van der Waals surface area contributed by atoms with Crippen LogP contribution in [0.3, 0.4) is 0 Å². The molecule has 3 heteroatoms. The quantitative estimate of drug-likeness (QED) is 0.913. The second kappa shape index (κ2) is 6.13. The summed E-state index contributed by atoms with van der Waals surface area (Å²) in [5.41, 5.74) is 0.819. The van der Waals surface area contributed by atoms with Gasteiger partial charge in [-0.2, -0.15) is 0 Å². The lowest BCUT2D eigenvalue weighted by Crippen LogP contribution is -2.47. The Bertz CT molecular complexity index is 419. The fraction of sp³-hybridized carbons (Fsp3) is 0.706. The molecule has 1 unspecified atom stereocenters. The highest BCUT2D eigenvalue weighted by Crippen LogP contribution is 2.31. The average Bonchev–Trinajstić information content (AvgIpc) is 2.47. The third-order valence-corrected chi connectivity index (χ3v) is 4.98. The van der Waals surface area contributed by atoms with Gasteiger partial charge in [0.05, 0.1) is 5.60 Å². The largest absolute Gasteiger partial charge is 0.389 e. The molecule has 1 aliphatic heterocycles. The number of rotatable bonds is 4. The van der Waals surface area contributed by atoms with E-state index in [1.54, 1.807) is 0 Å². The number of anilines is 1. The van der Waals surface area contributed by atoms with Gasteiger partial charge < -0.3 is 10.0 Å². The van der Waals surface area contributed by atoms with Crippen LogP contribution < -0.4 is 4.90 Å². The van der Waals surface area contributed by atoms with E-state index in [9.17, 15) is 5.11 Å². The van der Waals surface area contributed by atoms with Crippen molar-refractivity contribution >= 4 is 5.82 Å². The van der Waals surface area contributed by atoms with Crippen molar-refractivity contribution < 1.29 is 5.11 Å². The summed E-state index contributed by atoms with van der Waals surface area (Å²) in [6.07, 6.45) is 4.82. The van der Waals surface area contributed by atoms with Crippen molar-refractivity contribution in [2.75, 3.05) is 18.0 Å². The van der Waals surface area contributed by atoms with Crippen LogP contribution in [0.2, 0.25) is 0 Å². The van der Waals surface area contributed by atoms with Crippen molar-refractivity contribution in [2.24, 2.45) is 5.92 Å². The van der Waals surface area contributed by atoms with Crippen LogP contribution in [0.1, 0.15) is 58.4 Å². The van der Waals surface area contributed by atoms with Crippen molar-refractivity contribution in [1.82, 2.24) is 4.98 Å². The Hall–Kier alpha value is -1.09. The second-order valence-corrected chi connectivity index (χ2v) is 6.50. The summed E-state index contributed by atoms with van der Waals surface area (Å²) in [4.78, 5) is 6.90. The molecule has 0 saturated carbocycles. The molecule has 112 valence electrons. The minimum absolute atomic E-state index is 0.324. The third-order valence-electron chi connectivity index (χ3n) is 4.98. The first-order chi connectivity index (χ1) is 9.46. The van der Waals surface area contributed by atoms with Crippen molar-refractivity contribution in [3.05, 3.63) is 23.9 Å². The highest BCUT2D eigenvalue weighted by atomic mass is 16.3. The van der Waals surface area contributed by atoms with Gasteiger partial charge >= 0.3 is 0 Å². The molecule has 1 saturated heterocycles. The predicted molar refractivity (Wildman–Crippen MR) is 84.2 cm³/mol. The van der Waals surface area contributed by atoms with Gasteiger partial charge in [0.25, 0.3) is 0 Å². The fourth-order valence-corrected chi connectivity index (χ4v) is 2.81. The summed E-state index contributed by atoms with van der Waals surface area (Å²) in [6, 6.07) is 4.32. The number of hydrogen-bond donors (Lipinski definition) is 1. The number of aromatic nitrogens is 1.